The van der Waals surface area contributed by atoms with Crippen LogP contribution in [-0.4, -0.2) is 45.6 Å². The summed E-state index contributed by atoms with van der Waals surface area (Å²) in [5.41, 5.74) is 0. The number of hydrogen-bond donors (Lipinski definition) is 4. The van der Waals surface area contributed by atoms with E-state index < -0.39 is 11.9 Å². The number of carboxylic acid groups (broad SMARTS) is 2. The van der Waals surface area contributed by atoms with E-state index in [1.54, 1.807) is 0 Å². The molecule has 0 rings (SSSR count). The molecule has 100 valence electrons. The molecule has 0 bridgehead atoms. The van der Waals surface area contributed by atoms with Gasteiger partial charge in [-0.05, 0) is 12.8 Å². The number of carbonyl (C=O) groups is 2. The highest BCUT2D eigenvalue weighted by Crippen LogP contribution is 2.00. The zero-order valence-electron chi connectivity index (χ0n) is 9.71. The lowest BCUT2D eigenvalue weighted by atomic mass is 10.2. The van der Waals surface area contributed by atoms with Crippen LogP contribution in [0.25, 0.3) is 0 Å². The normalized spacial score (nSPS) is 9.76. The maximum Gasteiger partial charge on any atom is 0.328 e. The van der Waals surface area contributed by atoms with Gasteiger partial charge in [-0.1, -0.05) is 19.3 Å². The molecule has 0 aliphatic heterocycles. The van der Waals surface area contributed by atoms with Crippen LogP contribution in [-0.2, 0) is 9.59 Å². The maximum atomic E-state index is 9.55. The second-order valence-corrected chi connectivity index (χ2v) is 3.22. The fourth-order valence-electron chi connectivity index (χ4n) is 0.897. The number of aliphatic hydroxyl groups is 2. The van der Waals surface area contributed by atoms with Crippen molar-refractivity contribution < 1.29 is 30.0 Å². The lowest BCUT2D eigenvalue weighted by Crippen LogP contribution is -1.91. The summed E-state index contributed by atoms with van der Waals surface area (Å²) in [5, 5.41) is 32.4. The van der Waals surface area contributed by atoms with Crippen LogP contribution in [0.3, 0.4) is 0 Å². The Morgan fingerprint density at radius 3 is 1.24 bits per heavy atom. The summed E-state index contributed by atoms with van der Waals surface area (Å²) in [6, 6.07) is 0. The van der Waals surface area contributed by atoms with Gasteiger partial charge in [0.2, 0.25) is 0 Å². The smallest absolute Gasteiger partial charge is 0.328 e. The monoisotopic (exact) mass is 248 g/mol. The molecule has 0 aromatic carbocycles. The molecular weight excluding hydrogens is 228 g/mol. The largest absolute Gasteiger partial charge is 0.478 e. The van der Waals surface area contributed by atoms with Crippen molar-refractivity contribution in [2.24, 2.45) is 0 Å². The van der Waals surface area contributed by atoms with Crippen LogP contribution in [0.2, 0.25) is 0 Å². The zero-order valence-corrected chi connectivity index (χ0v) is 9.71. The Balaban J connectivity index is 0. The van der Waals surface area contributed by atoms with E-state index in [2.05, 4.69) is 0 Å². The van der Waals surface area contributed by atoms with Gasteiger partial charge in [0.05, 0.1) is 0 Å². The Morgan fingerprint density at radius 2 is 1.00 bits per heavy atom. The van der Waals surface area contributed by atoms with Gasteiger partial charge in [-0.15, -0.1) is 0 Å². The highest BCUT2D eigenvalue weighted by molar-refractivity contribution is 5.89. The summed E-state index contributed by atoms with van der Waals surface area (Å²) in [6.45, 7) is 0.609. The number of rotatable bonds is 8. The molecule has 0 radical (unpaired) electrons. The van der Waals surface area contributed by atoms with Gasteiger partial charge in [0.15, 0.2) is 0 Å². The van der Waals surface area contributed by atoms with Gasteiger partial charge in [0.1, 0.15) is 0 Å². The standard InChI is InChI=1S/C7H16O2.C4H4O4/c8-6-4-2-1-3-5-7-9;5-3(6)1-2-4(7)8/h8-9H,1-7H2;1-2H,(H,5,6)(H,7,8)/b;2-1-. The van der Waals surface area contributed by atoms with E-state index >= 15 is 0 Å². The highest BCUT2D eigenvalue weighted by Gasteiger charge is 1.88. The summed E-state index contributed by atoms with van der Waals surface area (Å²) < 4.78 is 0. The molecule has 6 heteroatoms. The minimum absolute atomic E-state index is 0.305. The van der Waals surface area contributed by atoms with Gasteiger partial charge in [-0.25, -0.2) is 9.59 Å². The van der Waals surface area contributed by atoms with Gasteiger partial charge in [-0.2, -0.15) is 0 Å². The van der Waals surface area contributed by atoms with Crippen LogP contribution < -0.4 is 0 Å². The third-order valence-corrected chi connectivity index (χ3v) is 1.68. The summed E-state index contributed by atoms with van der Waals surface area (Å²) in [6.07, 6.45) is 6.26. The minimum atomic E-state index is -1.26. The number of aliphatic carboxylic acids is 2. The lowest BCUT2D eigenvalue weighted by molar-refractivity contribution is -0.134. The van der Waals surface area contributed by atoms with E-state index in [0.29, 0.717) is 25.4 Å². The predicted octanol–water partition coefficient (Wildman–Crippen LogP) is 0.633. The first-order chi connectivity index (χ1) is 8.04. The van der Waals surface area contributed by atoms with Gasteiger partial charge in [-0.3, -0.25) is 0 Å². The van der Waals surface area contributed by atoms with E-state index in [-0.39, 0.29) is 0 Å². The number of carboxylic acids is 2. The van der Waals surface area contributed by atoms with Crippen LogP contribution in [0, 0.1) is 0 Å². The second kappa shape index (κ2) is 14.6. The Bertz CT molecular complexity index is 202. The van der Waals surface area contributed by atoms with E-state index in [9.17, 15) is 9.59 Å². The maximum absolute atomic E-state index is 9.55. The van der Waals surface area contributed by atoms with Crippen LogP contribution in [0.5, 0.6) is 0 Å². The molecule has 0 spiro atoms. The Kier molecular flexibility index (Phi) is 15.4. The van der Waals surface area contributed by atoms with Gasteiger partial charge >= 0.3 is 11.9 Å². The molecule has 17 heavy (non-hydrogen) atoms. The van der Waals surface area contributed by atoms with Crippen molar-refractivity contribution in [3.63, 3.8) is 0 Å². The van der Waals surface area contributed by atoms with Crippen molar-refractivity contribution >= 4 is 11.9 Å². The molecule has 6 nitrogen and oxygen atoms in total. The fourth-order valence-corrected chi connectivity index (χ4v) is 0.897. The average molecular weight is 248 g/mol. The summed E-state index contributed by atoms with van der Waals surface area (Å²) in [5.74, 6) is -2.51. The van der Waals surface area contributed by atoms with Crippen molar-refractivity contribution in [2.75, 3.05) is 13.2 Å². The first-order valence-corrected chi connectivity index (χ1v) is 5.40. The van der Waals surface area contributed by atoms with E-state index in [1.165, 1.54) is 0 Å². The second-order valence-electron chi connectivity index (χ2n) is 3.22. The highest BCUT2D eigenvalue weighted by atomic mass is 16.4. The molecule has 0 heterocycles. The Labute approximate surface area is 100 Å². The number of aliphatic hydroxyl groups excluding tert-OH is 2. The molecule has 0 saturated heterocycles. The minimum Gasteiger partial charge on any atom is -0.478 e. The number of hydrogen-bond acceptors (Lipinski definition) is 4. The molecule has 0 aliphatic rings. The molecule has 0 aliphatic carbocycles. The average Bonchev–Trinajstić information content (AvgIpc) is 2.27. The Hall–Kier alpha value is -1.40. The van der Waals surface area contributed by atoms with Gasteiger partial charge in [0.25, 0.3) is 0 Å². The van der Waals surface area contributed by atoms with Crippen LogP contribution >= 0.6 is 0 Å². The van der Waals surface area contributed by atoms with Crippen molar-refractivity contribution in [3.05, 3.63) is 12.2 Å². The van der Waals surface area contributed by atoms with Crippen molar-refractivity contribution in [2.45, 2.75) is 32.1 Å². The molecule has 0 fully saturated rings. The van der Waals surface area contributed by atoms with Crippen molar-refractivity contribution in [1.29, 1.82) is 0 Å². The summed E-state index contributed by atoms with van der Waals surface area (Å²) >= 11 is 0. The van der Waals surface area contributed by atoms with E-state index in [4.69, 9.17) is 20.4 Å². The SMILES string of the molecule is O=C(O)/C=C\C(=O)O.OCCCCCCCO. The van der Waals surface area contributed by atoms with Crippen LogP contribution in [0.1, 0.15) is 32.1 Å². The van der Waals surface area contributed by atoms with Crippen LogP contribution in [0.4, 0.5) is 0 Å². The van der Waals surface area contributed by atoms with Crippen molar-refractivity contribution in [3.8, 4) is 0 Å². The van der Waals surface area contributed by atoms with Gasteiger partial charge in [0, 0.05) is 25.4 Å². The third-order valence-electron chi connectivity index (χ3n) is 1.68. The van der Waals surface area contributed by atoms with Crippen LogP contribution in [0.15, 0.2) is 12.2 Å². The molecule has 0 amide bonds. The molecule has 0 atom stereocenters. The summed E-state index contributed by atoms with van der Waals surface area (Å²) in [4.78, 5) is 19.1. The lowest BCUT2D eigenvalue weighted by Gasteiger charge is -1.95. The summed E-state index contributed by atoms with van der Waals surface area (Å²) in [7, 11) is 0. The van der Waals surface area contributed by atoms with E-state index in [0.717, 1.165) is 32.1 Å². The first-order valence-electron chi connectivity index (χ1n) is 5.40. The molecule has 4 N–H and O–H groups in total. The first kappa shape index (κ1) is 18.0. The molecule has 0 unspecified atom stereocenters. The molecular formula is C11H20O6. The molecule has 0 aromatic rings. The van der Waals surface area contributed by atoms with Crippen molar-refractivity contribution in [1.82, 2.24) is 0 Å². The quantitative estimate of drug-likeness (QED) is 0.370. The van der Waals surface area contributed by atoms with Gasteiger partial charge < -0.3 is 20.4 Å². The fraction of sp³-hybridized carbons (Fsp3) is 0.636. The predicted molar refractivity (Wildman–Crippen MR) is 61.7 cm³/mol. The topological polar surface area (TPSA) is 115 Å². The third kappa shape index (κ3) is 25.2. The van der Waals surface area contributed by atoms with E-state index in [1.807, 2.05) is 0 Å². The number of unbranched alkanes of at least 4 members (excludes halogenated alkanes) is 4. The molecule has 0 saturated carbocycles. The zero-order chi connectivity index (χ0) is 13.5. The Morgan fingerprint density at radius 1 is 0.706 bits per heavy atom. The molecule has 0 aromatic heterocycles.